The Hall–Kier alpha value is -1.62. The van der Waals surface area contributed by atoms with Crippen LogP contribution in [0.3, 0.4) is 0 Å². The van der Waals surface area contributed by atoms with Crippen molar-refractivity contribution in [3.8, 4) is 0 Å². The molecule has 0 atom stereocenters. The van der Waals surface area contributed by atoms with Crippen molar-refractivity contribution in [2.75, 3.05) is 6.54 Å². The first-order valence-electron chi connectivity index (χ1n) is 4.02. The largest absolute Gasteiger partial charge is 0.368 e. The van der Waals surface area contributed by atoms with Gasteiger partial charge in [-0.2, -0.15) is 0 Å². The molecule has 0 unspecified atom stereocenters. The summed E-state index contributed by atoms with van der Waals surface area (Å²) in [5.74, 6) is -1.80. The predicted molar refractivity (Wildman–Crippen MR) is 52.9 cm³/mol. The van der Waals surface area contributed by atoms with Gasteiger partial charge in [-0.3, -0.25) is 9.59 Å². The second-order valence-corrected chi connectivity index (χ2v) is 3.19. The van der Waals surface area contributed by atoms with Gasteiger partial charge in [-0.15, -0.1) is 0 Å². The van der Waals surface area contributed by atoms with E-state index in [4.69, 9.17) is 17.3 Å². The van der Waals surface area contributed by atoms with Crippen molar-refractivity contribution in [2.24, 2.45) is 5.73 Å². The first kappa shape index (κ1) is 11.5. The zero-order chi connectivity index (χ0) is 11.4. The lowest BCUT2D eigenvalue weighted by atomic mass is 10.2. The maximum absolute atomic E-state index is 12.7. The van der Waals surface area contributed by atoms with Crippen molar-refractivity contribution in [2.45, 2.75) is 0 Å². The molecular weight excluding hydrogens is 223 g/mol. The van der Waals surface area contributed by atoms with Gasteiger partial charge in [-0.1, -0.05) is 11.6 Å². The molecule has 0 saturated carbocycles. The van der Waals surface area contributed by atoms with E-state index in [1.165, 1.54) is 12.1 Å². The lowest BCUT2D eigenvalue weighted by Gasteiger charge is -2.03. The number of rotatable bonds is 3. The van der Waals surface area contributed by atoms with E-state index in [0.29, 0.717) is 0 Å². The highest BCUT2D eigenvalue weighted by Crippen LogP contribution is 2.15. The zero-order valence-electron chi connectivity index (χ0n) is 7.59. The van der Waals surface area contributed by atoms with E-state index in [1.807, 2.05) is 0 Å². The van der Waals surface area contributed by atoms with Gasteiger partial charge in [0.15, 0.2) is 0 Å². The number of amides is 2. The SMILES string of the molecule is NC(=O)CNC(=O)c1ccc(F)c(Cl)c1. The lowest BCUT2D eigenvalue weighted by Crippen LogP contribution is -2.33. The Morgan fingerprint density at radius 2 is 2.13 bits per heavy atom. The van der Waals surface area contributed by atoms with Gasteiger partial charge in [-0.05, 0) is 18.2 Å². The molecular formula is C9H8ClFN2O2. The third kappa shape index (κ3) is 3.21. The molecule has 6 heteroatoms. The van der Waals surface area contributed by atoms with Crippen molar-refractivity contribution >= 4 is 23.4 Å². The minimum atomic E-state index is -0.656. The molecule has 0 aromatic heterocycles. The summed E-state index contributed by atoms with van der Waals surface area (Å²) >= 11 is 5.47. The van der Waals surface area contributed by atoms with Crippen LogP contribution in [0.4, 0.5) is 4.39 Å². The molecule has 2 amide bonds. The van der Waals surface area contributed by atoms with Crippen molar-refractivity contribution in [1.82, 2.24) is 5.32 Å². The summed E-state index contributed by atoms with van der Waals surface area (Å²) in [6.07, 6.45) is 0. The quantitative estimate of drug-likeness (QED) is 0.802. The van der Waals surface area contributed by atoms with Gasteiger partial charge in [-0.25, -0.2) is 4.39 Å². The molecule has 3 N–H and O–H groups in total. The first-order chi connectivity index (χ1) is 7.00. The maximum Gasteiger partial charge on any atom is 0.251 e. The number of carbonyl (C=O) groups is 2. The smallest absolute Gasteiger partial charge is 0.251 e. The Kier molecular flexibility index (Phi) is 3.62. The molecule has 0 spiro atoms. The van der Waals surface area contributed by atoms with Crippen molar-refractivity contribution < 1.29 is 14.0 Å². The molecule has 0 aliphatic carbocycles. The normalized spacial score (nSPS) is 9.73. The average Bonchev–Trinajstić information content (AvgIpc) is 2.18. The van der Waals surface area contributed by atoms with Gasteiger partial charge >= 0.3 is 0 Å². The Labute approximate surface area is 90.2 Å². The Morgan fingerprint density at radius 1 is 1.47 bits per heavy atom. The van der Waals surface area contributed by atoms with E-state index in [2.05, 4.69) is 5.32 Å². The van der Waals surface area contributed by atoms with Gasteiger partial charge in [0.2, 0.25) is 5.91 Å². The number of hydrogen-bond acceptors (Lipinski definition) is 2. The Bertz CT molecular complexity index is 409. The van der Waals surface area contributed by atoms with Gasteiger partial charge in [0.1, 0.15) is 5.82 Å². The molecule has 0 heterocycles. The van der Waals surface area contributed by atoms with Crippen molar-refractivity contribution in [3.05, 3.63) is 34.6 Å². The average molecular weight is 231 g/mol. The van der Waals surface area contributed by atoms with E-state index in [1.54, 1.807) is 0 Å². The number of nitrogens with two attached hydrogens (primary N) is 1. The van der Waals surface area contributed by atoms with E-state index in [-0.39, 0.29) is 17.1 Å². The fourth-order valence-electron chi connectivity index (χ4n) is 0.907. The van der Waals surface area contributed by atoms with Crippen molar-refractivity contribution in [3.63, 3.8) is 0 Å². The first-order valence-corrected chi connectivity index (χ1v) is 4.40. The highest BCUT2D eigenvalue weighted by molar-refractivity contribution is 6.31. The van der Waals surface area contributed by atoms with Crippen molar-refractivity contribution in [1.29, 1.82) is 0 Å². The fourth-order valence-corrected chi connectivity index (χ4v) is 1.09. The van der Waals surface area contributed by atoms with Gasteiger partial charge < -0.3 is 11.1 Å². The van der Waals surface area contributed by atoms with E-state index in [0.717, 1.165) is 6.07 Å². The number of hydrogen-bond donors (Lipinski definition) is 2. The molecule has 0 fully saturated rings. The second kappa shape index (κ2) is 4.75. The summed E-state index contributed by atoms with van der Waals surface area (Å²) in [7, 11) is 0. The minimum Gasteiger partial charge on any atom is -0.368 e. The summed E-state index contributed by atoms with van der Waals surface area (Å²) in [5.41, 5.74) is 5.00. The summed E-state index contributed by atoms with van der Waals surface area (Å²) in [5, 5.41) is 2.10. The summed E-state index contributed by atoms with van der Waals surface area (Å²) < 4.78 is 12.7. The Balaban J connectivity index is 2.74. The van der Waals surface area contributed by atoms with Crippen LogP contribution >= 0.6 is 11.6 Å². The molecule has 4 nitrogen and oxygen atoms in total. The van der Waals surface area contributed by atoms with E-state index >= 15 is 0 Å². The third-order valence-electron chi connectivity index (χ3n) is 1.60. The summed E-state index contributed by atoms with van der Waals surface area (Å²) in [6.45, 7) is -0.270. The maximum atomic E-state index is 12.7. The molecule has 1 rings (SSSR count). The summed E-state index contributed by atoms with van der Waals surface area (Å²) in [4.78, 5) is 21.7. The van der Waals surface area contributed by atoms with Crippen LogP contribution in [0.15, 0.2) is 18.2 Å². The predicted octanol–water partition coefficient (Wildman–Crippen LogP) is 0.694. The molecule has 1 aromatic rings. The van der Waals surface area contributed by atoms with Crippen LogP contribution in [0.25, 0.3) is 0 Å². The van der Waals surface area contributed by atoms with Gasteiger partial charge in [0, 0.05) is 5.56 Å². The molecule has 0 bridgehead atoms. The van der Waals surface area contributed by atoms with Crippen LogP contribution in [0.1, 0.15) is 10.4 Å². The van der Waals surface area contributed by atoms with Gasteiger partial charge in [0.25, 0.3) is 5.91 Å². The molecule has 0 saturated heterocycles. The molecule has 1 aromatic carbocycles. The highest BCUT2D eigenvalue weighted by atomic mass is 35.5. The minimum absolute atomic E-state index is 0.151. The zero-order valence-corrected chi connectivity index (χ0v) is 8.34. The van der Waals surface area contributed by atoms with Crippen LogP contribution in [0.2, 0.25) is 5.02 Å². The molecule has 0 aliphatic heterocycles. The molecule has 0 radical (unpaired) electrons. The highest BCUT2D eigenvalue weighted by Gasteiger charge is 2.08. The number of halogens is 2. The monoisotopic (exact) mass is 230 g/mol. The van der Waals surface area contributed by atoms with Crippen LogP contribution in [-0.4, -0.2) is 18.4 Å². The molecule has 0 aliphatic rings. The number of nitrogens with one attached hydrogen (secondary N) is 1. The lowest BCUT2D eigenvalue weighted by molar-refractivity contribution is -0.117. The number of carbonyl (C=O) groups excluding carboxylic acids is 2. The molecule has 15 heavy (non-hydrogen) atoms. The summed E-state index contributed by atoms with van der Waals surface area (Å²) in [6, 6.07) is 3.51. The van der Waals surface area contributed by atoms with Crippen LogP contribution in [0, 0.1) is 5.82 Å². The standard InChI is InChI=1S/C9H8ClFN2O2/c10-6-3-5(1-2-7(6)11)9(15)13-4-8(12)14/h1-3H,4H2,(H2,12,14)(H,13,15). The van der Waals surface area contributed by atoms with Crippen LogP contribution in [0.5, 0.6) is 0 Å². The topological polar surface area (TPSA) is 72.2 Å². The van der Waals surface area contributed by atoms with Crippen LogP contribution in [-0.2, 0) is 4.79 Å². The number of primary amides is 1. The van der Waals surface area contributed by atoms with E-state index < -0.39 is 17.6 Å². The number of benzene rings is 1. The second-order valence-electron chi connectivity index (χ2n) is 2.78. The Morgan fingerprint density at radius 3 is 2.67 bits per heavy atom. The molecule has 80 valence electrons. The van der Waals surface area contributed by atoms with Crippen LogP contribution < -0.4 is 11.1 Å². The van der Waals surface area contributed by atoms with E-state index in [9.17, 15) is 14.0 Å². The fraction of sp³-hybridized carbons (Fsp3) is 0.111. The third-order valence-corrected chi connectivity index (χ3v) is 1.89. The van der Waals surface area contributed by atoms with Gasteiger partial charge in [0.05, 0.1) is 11.6 Å².